The second-order valence-electron chi connectivity index (χ2n) is 2.18. The predicted molar refractivity (Wildman–Crippen MR) is 42.6 cm³/mol. The first-order valence-corrected chi connectivity index (χ1v) is 3.60. The summed E-state index contributed by atoms with van der Waals surface area (Å²) in [6.07, 6.45) is 4.01. The number of hydrogen-bond donors (Lipinski definition) is 1. The van der Waals surface area contributed by atoms with E-state index in [1.165, 1.54) is 7.11 Å². The molecule has 0 rings (SSSR count). The number of methoxy groups -OCH3 is 1. The van der Waals surface area contributed by atoms with Gasteiger partial charge in [0.15, 0.2) is 0 Å². The van der Waals surface area contributed by atoms with Gasteiger partial charge in [-0.15, -0.1) is 0 Å². The number of carbonyl (C=O) groups is 2. The molecule has 0 bridgehead atoms. The van der Waals surface area contributed by atoms with Crippen molar-refractivity contribution in [1.82, 2.24) is 0 Å². The summed E-state index contributed by atoms with van der Waals surface area (Å²) in [5, 5.41) is 8.24. The maximum atomic E-state index is 10.5. The minimum Gasteiger partial charge on any atom is -0.481 e. The van der Waals surface area contributed by atoms with Crippen LogP contribution in [0.15, 0.2) is 12.2 Å². The van der Waals surface area contributed by atoms with Crippen LogP contribution in [0.5, 0.6) is 0 Å². The van der Waals surface area contributed by atoms with E-state index in [-0.39, 0.29) is 18.8 Å². The molecule has 0 atom stereocenters. The largest absolute Gasteiger partial charge is 0.481 e. The molecule has 68 valence electrons. The highest BCUT2D eigenvalue weighted by atomic mass is 16.5. The van der Waals surface area contributed by atoms with Crippen LogP contribution in [0.25, 0.3) is 0 Å². The standard InChI is InChI=1S/C8H12O4/c1-12-8(11)6-4-2-3-5-7(9)10/h2,4H,3,5-6H2,1H3,(H,9,10). The Balaban J connectivity index is 3.37. The van der Waals surface area contributed by atoms with Crippen molar-refractivity contribution in [2.24, 2.45) is 0 Å². The first-order valence-electron chi connectivity index (χ1n) is 3.60. The molecule has 0 aromatic carbocycles. The first kappa shape index (κ1) is 10.7. The van der Waals surface area contributed by atoms with Gasteiger partial charge in [0.05, 0.1) is 13.5 Å². The minimum atomic E-state index is -0.835. The normalized spacial score (nSPS) is 10.1. The summed E-state index contributed by atoms with van der Waals surface area (Å²) in [5.41, 5.74) is 0. The fourth-order valence-corrected chi connectivity index (χ4v) is 0.588. The van der Waals surface area contributed by atoms with E-state index < -0.39 is 5.97 Å². The van der Waals surface area contributed by atoms with Gasteiger partial charge < -0.3 is 9.84 Å². The van der Waals surface area contributed by atoms with E-state index >= 15 is 0 Å². The molecule has 0 saturated heterocycles. The number of esters is 1. The fraction of sp³-hybridized carbons (Fsp3) is 0.500. The number of carboxylic acids is 1. The van der Waals surface area contributed by atoms with E-state index in [4.69, 9.17) is 5.11 Å². The second kappa shape index (κ2) is 6.39. The Bertz CT molecular complexity index is 183. The van der Waals surface area contributed by atoms with Crippen LogP contribution >= 0.6 is 0 Å². The molecule has 0 saturated carbocycles. The van der Waals surface area contributed by atoms with Gasteiger partial charge in [-0.3, -0.25) is 9.59 Å². The van der Waals surface area contributed by atoms with E-state index in [0.29, 0.717) is 6.42 Å². The zero-order valence-electron chi connectivity index (χ0n) is 6.95. The molecule has 0 aliphatic heterocycles. The van der Waals surface area contributed by atoms with Crippen LogP contribution in [0, 0.1) is 0 Å². The number of rotatable bonds is 5. The number of carbonyl (C=O) groups excluding carboxylic acids is 1. The fourth-order valence-electron chi connectivity index (χ4n) is 0.588. The number of aliphatic carboxylic acids is 1. The Morgan fingerprint density at radius 2 is 2.08 bits per heavy atom. The van der Waals surface area contributed by atoms with Gasteiger partial charge in [0.1, 0.15) is 0 Å². The topological polar surface area (TPSA) is 63.6 Å². The molecule has 0 aromatic rings. The zero-order valence-corrected chi connectivity index (χ0v) is 6.95. The number of allylic oxidation sites excluding steroid dienone is 1. The van der Waals surface area contributed by atoms with Crippen LogP contribution in [-0.2, 0) is 14.3 Å². The van der Waals surface area contributed by atoms with Gasteiger partial charge in [0, 0.05) is 6.42 Å². The van der Waals surface area contributed by atoms with E-state index in [1.54, 1.807) is 12.2 Å². The molecule has 0 amide bonds. The first-order chi connectivity index (χ1) is 5.66. The zero-order chi connectivity index (χ0) is 9.40. The summed E-state index contributed by atoms with van der Waals surface area (Å²) in [4.78, 5) is 20.5. The lowest BCUT2D eigenvalue weighted by Gasteiger charge is -1.91. The van der Waals surface area contributed by atoms with Crippen molar-refractivity contribution >= 4 is 11.9 Å². The average molecular weight is 172 g/mol. The third-order valence-electron chi connectivity index (χ3n) is 1.20. The lowest BCUT2D eigenvalue weighted by Crippen LogP contribution is -1.97. The van der Waals surface area contributed by atoms with E-state index in [2.05, 4.69) is 4.74 Å². The summed E-state index contributed by atoms with van der Waals surface area (Å²) in [6, 6.07) is 0. The summed E-state index contributed by atoms with van der Waals surface area (Å²) in [7, 11) is 1.31. The second-order valence-corrected chi connectivity index (χ2v) is 2.18. The third-order valence-corrected chi connectivity index (χ3v) is 1.20. The van der Waals surface area contributed by atoms with Crippen molar-refractivity contribution in [2.45, 2.75) is 19.3 Å². The minimum absolute atomic E-state index is 0.0949. The quantitative estimate of drug-likeness (QED) is 0.495. The van der Waals surface area contributed by atoms with Crippen LogP contribution in [0.1, 0.15) is 19.3 Å². The van der Waals surface area contributed by atoms with Gasteiger partial charge in [0.25, 0.3) is 0 Å². The van der Waals surface area contributed by atoms with Gasteiger partial charge in [-0.05, 0) is 6.42 Å². The van der Waals surface area contributed by atoms with Crippen LogP contribution in [-0.4, -0.2) is 24.2 Å². The van der Waals surface area contributed by atoms with Gasteiger partial charge in [0.2, 0.25) is 0 Å². The Labute approximate surface area is 70.8 Å². The SMILES string of the molecule is COC(=O)CC=CCCC(=O)O. The Morgan fingerprint density at radius 1 is 1.42 bits per heavy atom. The van der Waals surface area contributed by atoms with Gasteiger partial charge in [-0.1, -0.05) is 12.2 Å². The Hall–Kier alpha value is -1.32. The van der Waals surface area contributed by atoms with Crippen LogP contribution in [0.4, 0.5) is 0 Å². The molecule has 0 fully saturated rings. The van der Waals surface area contributed by atoms with E-state index in [0.717, 1.165) is 0 Å². The Morgan fingerprint density at radius 3 is 2.58 bits per heavy atom. The van der Waals surface area contributed by atoms with Crippen LogP contribution in [0.2, 0.25) is 0 Å². The molecule has 1 N–H and O–H groups in total. The number of carboxylic acid groups (broad SMARTS) is 1. The number of hydrogen-bond acceptors (Lipinski definition) is 3. The highest BCUT2D eigenvalue weighted by Crippen LogP contribution is 1.93. The number of ether oxygens (including phenoxy) is 1. The highest BCUT2D eigenvalue weighted by molar-refractivity contribution is 5.71. The molecule has 0 aliphatic carbocycles. The molecule has 0 radical (unpaired) electrons. The van der Waals surface area contributed by atoms with E-state index in [1.807, 2.05) is 0 Å². The maximum Gasteiger partial charge on any atom is 0.309 e. The lowest BCUT2D eigenvalue weighted by molar-refractivity contribution is -0.139. The van der Waals surface area contributed by atoms with Gasteiger partial charge in [-0.2, -0.15) is 0 Å². The molecular weight excluding hydrogens is 160 g/mol. The molecule has 4 heteroatoms. The average Bonchev–Trinajstić information content (AvgIpc) is 2.03. The summed E-state index contributed by atoms with van der Waals surface area (Å²) < 4.78 is 4.37. The van der Waals surface area contributed by atoms with Crippen LogP contribution in [0.3, 0.4) is 0 Å². The molecule has 0 heterocycles. The third kappa shape index (κ3) is 6.80. The molecule has 0 aliphatic rings. The monoisotopic (exact) mass is 172 g/mol. The van der Waals surface area contributed by atoms with Crippen LogP contribution < -0.4 is 0 Å². The van der Waals surface area contributed by atoms with Gasteiger partial charge >= 0.3 is 11.9 Å². The molecule has 0 aromatic heterocycles. The Kier molecular flexibility index (Phi) is 5.69. The van der Waals surface area contributed by atoms with Crippen molar-refractivity contribution in [3.8, 4) is 0 Å². The lowest BCUT2D eigenvalue weighted by atomic mass is 10.2. The van der Waals surface area contributed by atoms with Crippen molar-refractivity contribution < 1.29 is 19.4 Å². The molecular formula is C8H12O4. The predicted octanol–water partition coefficient (Wildman–Crippen LogP) is 0.970. The van der Waals surface area contributed by atoms with Crippen molar-refractivity contribution in [3.05, 3.63) is 12.2 Å². The summed E-state index contributed by atoms with van der Waals surface area (Å²) in [5.74, 6) is -1.15. The molecule has 4 nitrogen and oxygen atoms in total. The van der Waals surface area contributed by atoms with Crippen molar-refractivity contribution in [1.29, 1.82) is 0 Å². The summed E-state index contributed by atoms with van der Waals surface area (Å²) >= 11 is 0. The molecule has 0 unspecified atom stereocenters. The maximum absolute atomic E-state index is 10.5. The van der Waals surface area contributed by atoms with Gasteiger partial charge in [-0.25, -0.2) is 0 Å². The molecule has 12 heavy (non-hydrogen) atoms. The molecule has 0 spiro atoms. The van der Waals surface area contributed by atoms with Crippen molar-refractivity contribution in [3.63, 3.8) is 0 Å². The highest BCUT2D eigenvalue weighted by Gasteiger charge is 1.94. The van der Waals surface area contributed by atoms with Crippen molar-refractivity contribution in [2.75, 3.05) is 7.11 Å². The van der Waals surface area contributed by atoms with E-state index in [9.17, 15) is 9.59 Å². The summed E-state index contributed by atoms with van der Waals surface area (Å²) in [6.45, 7) is 0. The smallest absolute Gasteiger partial charge is 0.309 e.